The lowest BCUT2D eigenvalue weighted by Crippen LogP contribution is -2.42. The predicted octanol–water partition coefficient (Wildman–Crippen LogP) is 1.66. The second kappa shape index (κ2) is 5.38. The number of hydrogen-bond acceptors (Lipinski definition) is 5. The first kappa shape index (κ1) is 13.3. The molecule has 0 bridgehead atoms. The van der Waals surface area contributed by atoms with E-state index in [1.807, 2.05) is 29.2 Å². The highest BCUT2D eigenvalue weighted by molar-refractivity contribution is 5.98. The Morgan fingerprint density at radius 1 is 1.48 bits per heavy atom. The Hall–Kier alpha value is -2.65. The van der Waals surface area contributed by atoms with Gasteiger partial charge >= 0.3 is 5.97 Å². The van der Waals surface area contributed by atoms with Gasteiger partial charge in [0, 0.05) is 11.9 Å². The SMILES string of the molecule is N#CC1CN(c2nc(C(=O)O)cc3ccccc23)CCO1. The predicted molar refractivity (Wildman–Crippen MR) is 76.3 cm³/mol. The zero-order valence-electron chi connectivity index (χ0n) is 11.2. The summed E-state index contributed by atoms with van der Waals surface area (Å²) in [5.74, 6) is -0.471. The van der Waals surface area contributed by atoms with Gasteiger partial charge in [-0.3, -0.25) is 0 Å². The summed E-state index contributed by atoms with van der Waals surface area (Å²) in [6.45, 7) is 1.39. The van der Waals surface area contributed by atoms with Gasteiger partial charge in [-0.15, -0.1) is 0 Å². The van der Waals surface area contributed by atoms with Crippen LogP contribution in [0.5, 0.6) is 0 Å². The summed E-state index contributed by atoms with van der Waals surface area (Å²) in [5.41, 5.74) is 0.00343. The molecule has 0 saturated carbocycles. The molecule has 1 fully saturated rings. The maximum atomic E-state index is 11.2. The van der Waals surface area contributed by atoms with Gasteiger partial charge in [-0.25, -0.2) is 9.78 Å². The molecule has 2 heterocycles. The fourth-order valence-corrected chi connectivity index (χ4v) is 2.45. The Labute approximate surface area is 121 Å². The molecule has 1 N–H and O–H groups in total. The molecule has 0 radical (unpaired) electrons. The van der Waals surface area contributed by atoms with Crippen molar-refractivity contribution in [2.75, 3.05) is 24.6 Å². The zero-order chi connectivity index (χ0) is 14.8. The molecule has 6 nitrogen and oxygen atoms in total. The number of carboxylic acid groups (broad SMARTS) is 1. The third-order valence-corrected chi connectivity index (χ3v) is 3.45. The van der Waals surface area contributed by atoms with Crippen molar-refractivity contribution in [2.24, 2.45) is 0 Å². The van der Waals surface area contributed by atoms with Gasteiger partial charge in [0.2, 0.25) is 0 Å². The number of ether oxygens (including phenoxy) is 1. The largest absolute Gasteiger partial charge is 0.477 e. The smallest absolute Gasteiger partial charge is 0.354 e. The minimum atomic E-state index is -1.06. The second-order valence-corrected chi connectivity index (χ2v) is 4.79. The fourth-order valence-electron chi connectivity index (χ4n) is 2.45. The normalized spacial score (nSPS) is 18.4. The van der Waals surface area contributed by atoms with Gasteiger partial charge < -0.3 is 14.7 Å². The molecular formula is C15H13N3O3. The summed E-state index contributed by atoms with van der Waals surface area (Å²) in [6.07, 6.45) is -0.521. The van der Waals surface area contributed by atoms with E-state index in [0.717, 1.165) is 10.8 Å². The second-order valence-electron chi connectivity index (χ2n) is 4.79. The average Bonchev–Trinajstić information content (AvgIpc) is 2.53. The highest BCUT2D eigenvalue weighted by atomic mass is 16.5. The van der Waals surface area contributed by atoms with E-state index in [4.69, 9.17) is 10.00 Å². The van der Waals surface area contributed by atoms with E-state index in [0.29, 0.717) is 25.5 Å². The van der Waals surface area contributed by atoms with Crippen molar-refractivity contribution in [3.63, 3.8) is 0 Å². The zero-order valence-corrected chi connectivity index (χ0v) is 11.2. The van der Waals surface area contributed by atoms with Crippen molar-refractivity contribution in [1.29, 1.82) is 5.26 Å². The highest BCUT2D eigenvalue weighted by Gasteiger charge is 2.23. The number of fused-ring (bicyclic) bond motifs is 1. The molecule has 1 aromatic carbocycles. The topological polar surface area (TPSA) is 86.5 Å². The fraction of sp³-hybridized carbons (Fsp3) is 0.267. The van der Waals surface area contributed by atoms with Gasteiger partial charge in [-0.05, 0) is 11.5 Å². The molecule has 0 spiro atoms. The summed E-state index contributed by atoms with van der Waals surface area (Å²) in [6, 6.07) is 11.1. The number of aromatic nitrogens is 1. The van der Waals surface area contributed by atoms with E-state index in [9.17, 15) is 9.90 Å². The molecule has 0 aliphatic carbocycles. The Bertz CT molecular complexity index is 739. The maximum absolute atomic E-state index is 11.2. The van der Waals surface area contributed by atoms with Crippen LogP contribution in [0.2, 0.25) is 0 Å². The minimum Gasteiger partial charge on any atom is -0.477 e. The number of aromatic carboxylic acids is 1. The van der Waals surface area contributed by atoms with Gasteiger partial charge in [0.1, 0.15) is 5.82 Å². The van der Waals surface area contributed by atoms with Crippen LogP contribution < -0.4 is 4.90 Å². The van der Waals surface area contributed by atoms with Crippen LogP contribution in [0.1, 0.15) is 10.5 Å². The molecule has 3 rings (SSSR count). The van der Waals surface area contributed by atoms with Crippen molar-refractivity contribution in [3.8, 4) is 6.07 Å². The first-order chi connectivity index (χ1) is 10.2. The van der Waals surface area contributed by atoms with Crippen LogP contribution in [0.15, 0.2) is 30.3 Å². The summed E-state index contributed by atoms with van der Waals surface area (Å²) < 4.78 is 5.32. The van der Waals surface area contributed by atoms with E-state index in [1.54, 1.807) is 6.07 Å². The average molecular weight is 283 g/mol. The van der Waals surface area contributed by atoms with Crippen LogP contribution in [0.3, 0.4) is 0 Å². The number of anilines is 1. The lowest BCUT2D eigenvalue weighted by atomic mass is 10.1. The number of hydrogen-bond donors (Lipinski definition) is 1. The number of pyridine rings is 1. The van der Waals surface area contributed by atoms with Crippen LogP contribution in [-0.4, -0.2) is 41.9 Å². The lowest BCUT2D eigenvalue weighted by Gasteiger charge is -2.31. The van der Waals surface area contributed by atoms with Crippen molar-refractivity contribution in [2.45, 2.75) is 6.10 Å². The number of rotatable bonds is 2. The van der Waals surface area contributed by atoms with Gasteiger partial charge in [-0.2, -0.15) is 5.26 Å². The van der Waals surface area contributed by atoms with E-state index in [1.165, 1.54) is 0 Å². The lowest BCUT2D eigenvalue weighted by molar-refractivity contribution is 0.0690. The number of nitriles is 1. The summed E-state index contributed by atoms with van der Waals surface area (Å²) >= 11 is 0. The Morgan fingerprint density at radius 3 is 3.05 bits per heavy atom. The highest BCUT2D eigenvalue weighted by Crippen LogP contribution is 2.27. The molecule has 1 aliphatic heterocycles. The molecule has 6 heteroatoms. The van der Waals surface area contributed by atoms with Crippen LogP contribution >= 0.6 is 0 Å². The number of morpholine rings is 1. The van der Waals surface area contributed by atoms with Crippen molar-refractivity contribution in [1.82, 2.24) is 4.98 Å². The Morgan fingerprint density at radius 2 is 2.29 bits per heavy atom. The van der Waals surface area contributed by atoms with Crippen molar-refractivity contribution in [3.05, 3.63) is 36.0 Å². The molecule has 2 aromatic rings. The van der Waals surface area contributed by atoms with E-state index in [2.05, 4.69) is 11.1 Å². The van der Waals surface area contributed by atoms with E-state index >= 15 is 0 Å². The summed E-state index contributed by atoms with van der Waals surface area (Å²) in [5, 5.41) is 19.9. The molecule has 1 aromatic heterocycles. The molecule has 1 unspecified atom stereocenters. The molecule has 1 saturated heterocycles. The van der Waals surface area contributed by atoms with E-state index in [-0.39, 0.29) is 5.69 Å². The minimum absolute atomic E-state index is 0.00343. The molecule has 1 atom stereocenters. The number of carboxylic acids is 1. The van der Waals surface area contributed by atoms with Gasteiger partial charge in [-0.1, -0.05) is 24.3 Å². The van der Waals surface area contributed by atoms with Crippen LogP contribution in [0.25, 0.3) is 10.8 Å². The number of carbonyl (C=O) groups is 1. The molecule has 106 valence electrons. The first-order valence-corrected chi connectivity index (χ1v) is 6.58. The van der Waals surface area contributed by atoms with Crippen molar-refractivity contribution < 1.29 is 14.6 Å². The first-order valence-electron chi connectivity index (χ1n) is 6.58. The molecule has 21 heavy (non-hydrogen) atoms. The maximum Gasteiger partial charge on any atom is 0.354 e. The third-order valence-electron chi connectivity index (χ3n) is 3.45. The quantitative estimate of drug-likeness (QED) is 0.902. The summed E-state index contributed by atoms with van der Waals surface area (Å²) in [4.78, 5) is 17.4. The van der Waals surface area contributed by atoms with Crippen LogP contribution in [0, 0.1) is 11.3 Å². The Kier molecular flexibility index (Phi) is 3.42. The van der Waals surface area contributed by atoms with Crippen LogP contribution in [0.4, 0.5) is 5.82 Å². The number of benzene rings is 1. The van der Waals surface area contributed by atoms with Gasteiger partial charge in [0.25, 0.3) is 0 Å². The number of nitrogens with zero attached hydrogens (tertiary/aromatic N) is 3. The molecule has 1 aliphatic rings. The summed E-state index contributed by atoms with van der Waals surface area (Å²) in [7, 11) is 0. The Balaban J connectivity index is 2.11. The van der Waals surface area contributed by atoms with Gasteiger partial charge in [0.05, 0.1) is 19.2 Å². The third kappa shape index (κ3) is 2.51. The van der Waals surface area contributed by atoms with E-state index < -0.39 is 12.1 Å². The van der Waals surface area contributed by atoms with Crippen LogP contribution in [-0.2, 0) is 4.74 Å². The molecule has 0 amide bonds. The standard InChI is InChI=1S/C15H13N3O3/c16-8-11-9-18(5-6-21-11)14-12-4-2-1-3-10(12)7-13(17-14)15(19)20/h1-4,7,11H,5-6,9H2,(H,19,20). The van der Waals surface area contributed by atoms with Crippen molar-refractivity contribution >= 4 is 22.6 Å². The van der Waals surface area contributed by atoms with Gasteiger partial charge in [0.15, 0.2) is 11.8 Å². The molecular weight excluding hydrogens is 270 g/mol. The monoisotopic (exact) mass is 283 g/mol.